The Morgan fingerprint density at radius 2 is 1.91 bits per heavy atom. The summed E-state index contributed by atoms with van der Waals surface area (Å²) in [7, 11) is 1.70. The zero-order valence-corrected chi connectivity index (χ0v) is 19.2. The van der Waals surface area contributed by atoms with Gasteiger partial charge in [-0.15, -0.1) is 0 Å². The molecular weight excluding hydrogens is 400 g/mol. The molecule has 2 aromatic rings. The smallest absolute Gasteiger partial charge is 0.222 e. The van der Waals surface area contributed by atoms with Gasteiger partial charge in [-0.05, 0) is 48.6 Å². The van der Waals surface area contributed by atoms with Crippen molar-refractivity contribution >= 4 is 11.9 Å². The molecule has 1 atom stereocenters. The Morgan fingerprint density at radius 1 is 1.12 bits per heavy atom. The average Bonchev–Trinajstić information content (AvgIpc) is 3.47. The van der Waals surface area contributed by atoms with Crippen LogP contribution in [0.15, 0.2) is 53.5 Å². The van der Waals surface area contributed by atoms with Crippen molar-refractivity contribution in [2.24, 2.45) is 4.99 Å². The standard InChI is InChI=1S/C26H34N4O2/c1-3-27-26(30-16-14-23(19-30)20-10-12-24(32-2)13-11-20)28-17-21-7-4-5-8-22(21)18-29-15-6-9-25(29)31/h4-5,7-8,10-13,23H,3,6,9,14-19H2,1-2H3,(H,27,28). The van der Waals surface area contributed by atoms with Crippen molar-refractivity contribution in [1.29, 1.82) is 0 Å². The molecule has 0 saturated carbocycles. The van der Waals surface area contributed by atoms with Crippen LogP contribution in [0.4, 0.5) is 0 Å². The zero-order valence-electron chi connectivity index (χ0n) is 19.2. The molecule has 6 nitrogen and oxygen atoms in total. The highest BCUT2D eigenvalue weighted by molar-refractivity contribution is 5.80. The maximum Gasteiger partial charge on any atom is 0.222 e. The number of hydrogen-bond acceptors (Lipinski definition) is 3. The number of rotatable bonds is 7. The third kappa shape index (κ3) is 5.23. The lowest BCUT2D eigenvalue weighted by atomic mass is 9.98. The minimum atomic E-state index is 0.262. The molecule has 4 rings (SSSR count). The number of hydrogen-bond donors (Lipinski definition) is 1. The number of benzene rings is 2. The van der Waals surface area contributed by atoms with Gasteiger partial charge in [0.25, 0.3) is 0 Å². The van der Waals surface area contributed by atoms with E-state index in [0.29, 0.717) is 25.4 Å². The van der Waals surface area contributed by atoms with Gasteiger partial charge in [0, 0.05) is 45.1 Å². The quantitative estimate of drug-likeness (QED) is 0.532. The number of carbonyl (C=O) groups is 1. The number of likely N-dealkylation sites (tertiary alicyclic amines) is 2. The zero-order chi connectivity index (χ0) is 22.3. The molecule has 0 bridgehead atoms. The van der Waals surface area contributed by atoms with Crippen molar-refractivity contribution in [1.82, 2.24) is 15.1 Å². The van der Waals surface area contributed by atoms with E-state index in [2.05, 4.69) is 47.5 Å². The molecule has 0 aliphatic carbocycles. The summed E-state index contributed by atoms with van der Waals surface area (Å²) >= 11 is 0. The van der Waals surface area contributed by atoms with Crippen molar-refractivity contribution in [3.63, 3.8) is 0 Å². The number of guanidine groups is 1. The minimum Gasteiger partial charge on any atom is -0.497 e. The Morgan fingerprint density at radius 3 is 2.59 bits per heavy atom. The van der Waals surface area contributed by atoms with E-state index in [-0.39, 0.29) is 5.91 Å². The lowest BCUT2D eigenvalue weighted by molar-refractivity contribution is -0.128. The third-order valence-electron chi connectivity index (χ3n) is 6.46. The molecule has 1 unspecified atom stereocenters. The fourth-order valence-electron chi connectivity index (χ4n) is 4.63. The SMILES string of the molecule is CCNC(=NCc1ccccc1CN1CCCC1=O)N1CCC(c2ccc(OC)cc2)C1. The van der Waals surface area contributed by atoms with Gasteiger partial charge in [-0.2, -0.15) is 0 Å². The molecule has 1 amide bonds. The van der Waals surface area contributed by atoms with Crippen LogP contribution in [-0.4, -0.2) is 55.0 Å². The van der Waals surface area contributed by atoms with Crippen LogP contribution in [0.2, 0.25) is 0 Å². The van der Waals surface area contributed by atoms with Crippen LogP contribution >= 0.6 is 0 Å². The Bertz CT molecular complexity index is 941. The second-order valence-electron chi connectivity index (χ2n) is 8.56. The molecule has 2 saturated heterocycles. The van der Waals surface area contributed by atoms with E-state index in [0.717, 1.165) is 50.7 Å². The number of nitrogens with zero attached hydrogens (tertiary/aromatic N) is 3. The summed E-state index contributed by atoms with van der Waals surface area (Å²) < 4.78 is 5.29. The van der Waals surface area contributed by atoms with Crippen molar-refractivity contribution in [3.8, 4) is 5.75 Å². The fourth-order valence-corrected chi connectivity index (χ4v) is 4.63. The van der Waals surface area contributed by atoms with Crippen molar-refractivity contribution in [2.75, 3.05) is 33.3 Å². The molecule has 2 aromatic carbocycles. The summed E-state index contributed by atoms with van der Waals surface area (Å²) in [5.74, 6) is 2.62. The first-order valence-corrected chi connectivity index (χ1v) is 11.7. The van der Waals surface area contributed by atoms with E-state index in [1.54, 1.807) is 7.11 Å². The van der Waals surface area contributed by atoms with Gasteiger partial charge >= 0.3 is 0 Å². The number of nitrogens with one attached hydrogen (secondary N) is 1. The van der Waals surface area contributed by atoms with Crippen LogP contribution in [0.25, 0.3) is 0 Å². The van der Waals surface area contributed by atoms with E-state index in [1.807, 2.05) is 23.1 Å². The number of carbonyl (C=O) groups excluding carboxylic acids is 1. The van der Waals surface area contributed by atoms with E-state index >= 15 is 0 Å². The summed E-state index contributed by atoms with van der Waals surface area (Å²) in [6.45, 7) is 7.06. The van der Waals surface area contributed by atoms with Gasteiger partial charge in [0.15, 0.2) is 5.96 Å². The van der Waals surface area contributed by atoms with Crippen molar-refractivity contribution in [3.05, 3.63) is 65.2 Å². The van der Waals surface area contributed by atoms with Gasteiger partial charge in [0.2, 0.25) is 5.91 Å². The van der Waals surface area contributed by atoms with E-state index in [9.17, 15) is 4.79 Å². The van der Waals surface area contributed by atoms with Gasteiger partial charge in [0.1, 0.15) is 5.75 Å². The summed E-state index contributed by atoms with van der Waals surface area (Å²) in [5, 5.41) is 3.48. The largest absolute Gasteiger partial charge is 0.497 e. The molecule has 2 fully saturated rings. The number of aliphatic imine (C=N–C) groups is 1. The Hall–Kier alpha value is -3.02. The Kier molecular flexibility index (Phi) is 7.30. The monoisotopic (exact) mass is 434 g/mol. The lowest BCUT2D eigenvalue weighted by Gasteiger charge is -2.22. The molecule has 0 radical (unpaired) electrons. The molecule has 2 aliphatic rings. The van der Waals surface area contributed by atoms with Gasteiger partial charge in [0.05, 0.1) is 13.7 Å². The summed E-state index contributed by atoms with van der Waals surface area (Å²) in [6, 6.07) is 16.8. The molecule has 2 heterocycles. The first kappa shape index (κ1) is 22.2. The van der Waals surface area contributed by atoms with E-state index < -0.39 is 0 Å². The molecule has 0 aromatic heterocycles. The predicted molar refractivity (Wildman–Crippen MR) is 128 cm³/mol. The van der Waals surface area contributed by atoms with Gasteiger partial charge in [-0.25, -0.2) is 4.99 Å². The first-order chi connectivity index (χ1) is 15.7. The summed E-state index contributed by atoms with van der Waals surface area (Å²) in [6.07, 6.45) is 2.76. The number of amides is 1. The molecule has 1 N–H and O–H groups in total. The topological polar surface area (TPSA) is 57.2 Å². The molecule has 170 valence electrons. The fraction of sp³-hybridized carbons (Fsp3) is 0.462. The summed E-state index contributed by atoms with van der Waals surface area (Å²) in [4.78, 5) is 21.4. The highest BCUT2D eigenvalue weighted by Gasteiger charge is 2.26. The highest BCUT2D eigenvalue weighted by Crippen LogP contribution is 2.28. The van der Waals surface area contributed by atoms with Crippen molar-refractivity contribution in [2.45, 2.75) is 45.2 Å². The molecule has 32 heavy (non-hydrogen) atoms. The normalized spacial score (nSPS) is 19.0. The molecule has 2 aliphatic heterocycles. The average molecular weight is 435 g/mol. The summed E-state index contributed by atoms with van der Waals surface area (Å²) in [5.41, 5.74) is 3.73. The second kappa shape index (κ2) is 10.5. The minimum absolute atomic E-state index is 0.262. The number of methoxy groups -OCH3 is 1. The third-order valence-corrected chi connectivity index (χ3v) is 6.46. The van der Waals surface area contributed by atoms with E-state index in [4.69, 9.17) is 9.73 Å². The van der Waals surface area contributed by atoms with Gasteiger partial charge in [-0.1, -0.05) is 36.4 Å². The molecule has 6 heteroatoms. The van der Waals surface area contributed by atoms with Crippen LogP contribution in [0.5, 0.6) is 5.75 Å². The molecular formula is C26H34N4O2. The predicted octanol–water partition coefficient (Wildman–Crippen LogP) is 3.77. The van der Waals surface area contributed by atoms with E-state index in [1.165, 1.54) is 16.7 Å². The maximum absolute atomic E-state index is 12.1. The van der Waals surface area contributed by atoms with Crippen molar-refractivity contribution < 1.29 is 9.53 Å². The maximum atomic E-state index is 12.1. The van der Waals surface area contributed by atoms with Crippen LogP contribution in [0, 0.1) is 0 Å². The van der Waals surface area contributed by atoms with Crippen LogP contribution < -0.4 is 10.1 Å². The second-order valence-corrected chi connectivity index (χ2v) is 8.56. The van der Waals surface area contributed by atoms with Crippen LogP contribution in [-0.2, 0) is 17.9 Å². The van der Waals surface area contributed by atoms with Crippen LogP contribution in [0.1, 0.15) is 48.8 Å². The highest BCUT2D eigenvalue weighted by atomic mass is 16.5. The Labute approximate surface area is 191 Å². The molecule has 0 spiro atoms. The van der Waals surface area contributed by atoms with Crippen LogP contribution in [0.3, 0.4) is 0 Å². The van der Waals surface area contributed by atoms with Gasteiger partial charge < -0.3 is 19.9 Å². The first-order valence-electron chi connectivity index (χ1n) is 11.7. The van der Waals surface area contributed by atoms with Gasteiger partial charge in [-0.3, -0.25) is 4.79 Å². The number of ether oxygens (including phenoxy) is 1. The lowest BCUT2D eigenvalue weighted by Crippen LogP contribution is -2.40. The Balaban J connectivity index is 1.44.